The summed E-state index contributed by atoms with van der Waals surface area (Å²) in [6, 6.07) is 4.39. The molecule has 0 bridgehead atoms. The SMILES string of the molecule is CCc1ncc([C@]2(O)CC[C@H](N3CC(NC(=O)CNc4nn(C)c5ccc(OC(F)(F)F)cc45)C3)CC2)s1. The second-order valence-electron chi connectivity index (χ2n) is 10.0. The summed E-state index contributed by atoms with van der Waals surface area (Å²) in [5.41, 5.74) is -0.182. The van der Waals surface area contributed by atoms with Gasteiger partial charge in [0.25, 0.3) is 0 Å². The van der Waals surface area contributed by atoms with Crippen LogP contribution in [0.1, 0.15) is 42.5 Å². The fourth-order valence-corrected chi connectivity index (χ4v) is 6.30. The number of benzene rings is 1. The molecule has 0 unspecified atom stereocenters. The van der Waals surface area contributed by atoms with Gasteiger partial charge in [0, 0.05) is 37.8 Å². The van der Waals surface area contributed by atoms with E-state index in [0.29, 0.717) is 35.6 Å². The van der Waals surface area contributed by atoms with Crippen LogP contribution in [0.25, 0.3) is 10.9 Å². The number of nitrogens with one attached hydrogen (secondary N) is 2. The first-order valence-corrected chi connectivity index (χ1v) is 13.5. The van der Waals surface area contributed by atoms with Crippen molar-refractivity contribution >= 4 is 34.0 Å². The Hall–Kier alpha value is -2.90. The smallest absolute Gasteiger partial charge is 0.406 e. The van der Waals surface area contributed by atoms with Crippen molar-refractivity contribution in [2.45, 2.75) is 63.1 Å². The van der Waals surface area contributed by atoms with Crippen molar-refractivity contribution in [3.63, 3.8) is 0 Å². The number of aryl methyl sites for hydroxylation is 2. The third-order valence-corrected chi connectivity index (χ3v) is 8.69. The van der Waals surface area contributed by atoms with Crippen molar-refractivity contribution < 1.29 is 27.8 Å². The highest BCUT2D eigenvalue weighted by Crippen LogP contribution is 2.41. The van der Waals surface area contributed by atoms with E-state index in [2.05, 4.69) is 37.3 Å². The Labute approximate surface area is 222 Å². The number of alkyl halides is 3. The van der Waals surface area contributed by atoms with E-state index in [0.717, 1.165) is 42.2 Å². The Morgan fingerprint density at radius 2 is 2.03 bits per heavy atom. The number of ether oxygens (including phenoxy) is 1. The molecular formula is C25H31F3N6O3S. The summed E-state index contributed by atoms with van der Waals surface area (Å²) in [6.07, 6.45) is 1.09. The van der Waals surface area contributed by atoms with Gasteiger partial charge in [-0.2, -0.15) is 5.10 Å². The molecule has 2 aromatic heterocycles. The third-order valence-electron chi connectivity index (χ3n) is 7.36. The van der Waals surface area contributed by atoms with Crippen LogP contribution < -0.4 is 15.4 Å². The molecule has 5 rings (SSSR count). The molecule has 1 aliphatic heterocycles. The molecule has 9 nitrogen and oxygen atoms in total. The number of rotatable bonds is 8. The predicted octanol–water partition coefficient (Wildman–Crippen LogP) is 3.53. The minimum atomic E-state index is -4.79. The highest BCUT2D eigenvalue weighted by atomic mass is 32.1. The van der Waals surface area contributed by atoms with Gasteiger partial charge in [-0.3, -0.25) is 14.4 Å². The van der Waals surface area contributed by atoms with Gasteiger partial charge < -0.3 is 20.5 Å². The lowest BCUT2D eigenvalue weighted by atomic mass is 9.80. The largest absolute Gasteiger partial charge is 0.573 e. The lowest BCUT2D eigenvalue weighted by Gasteiger charge is -2.48. The van der Waals surface area contributed by atoms with Gasteiger partial charge in [-0.15, -0.1) is 24.5 Å². The number of aromatic nitrogens is 3. The maximum Gasteiger partial charge on any atom is 0.573 e. The van der Waals surface area contributed by atoms with Crippen LogP contribution in [0, 0.1) is 0 Å². The van der Waals surface area contributed by atoms with E-state index in [9.17, 15) is 23.1 Å². The number of thiazole rings is 1. The first-order valence-electron chi connectivity index (χ1n) is 12.7. The maximum absolute atomic E-state index is 12.6. The summed E-state index contributed by atoms with van der Waals surface area (Å²) in [5, 5.41) is 22.8. The molecule has 1 saturated carbocycles. The van der Waals surface area contributed by atoms with Gasteiger partial charge in [-0.25, -0.2) is 4.98 Å². The average molecular weight is 553 g/mol. The molecule has 1 amide bonds. The highest BCUT2D eigenvalue weighted by molar-refractivity contribution is 7.11. The Morgan fingerprint density at radius 1 is 1.29 bits per heavy atom. The Morgan fingerprint density at radius 3 is 2.68 bits per heavy atom. The minimum absolute atomic E-state index is 0.0333. The van der Waals surface area contributed by atoms with Crippen LogP contribution in [0.15, 0.2) is 24.4 Å². The number of carbonyl (C=O) groups excluding carboxylic acids is 1. The van der Waals surface area contributed by atoms with E-state index in [-0.39, 0.29) is 24.2 Å². The zero-order valence-electron chi connectivity index (χ0n) is 21.2. The fraction of sp³-hybridized carbons (Fsp3) is 0.560. The molecule has 2 aliphatic rings. The number of halogens is 3. The van der Waals surface area contributed by atoms with Crippen LogP contribution in [-0.2, 0) is 23.9 Å². The topological polar surface area (TPSA) is 105 Å². The van der Waals surface area contributed by atoms with Crippen molar-refractivity contribution in [1.29, 1.82) is 0 Å². The average Bonchev–Trinajstić information content (AvgIpc) is 3.45. The fourth-order valence-electron chi connectivity index (χ4n) is 5.30. The zero-order chi connectivity index (χ0) is 27.1. The van der Waals surface area contributed by atoms with Crippen LogP contribution >= 0.6 is 11.3 Å². The van der Waals surface area contributed by atoms with E-state index in [1.807, 2.05) is 6.20 Å². The molecule has 1 aromatic carbocycles. The molecule has 38 heavy (non-hydrogen) atoms. The van der Waals surface area contributed by atoms with E-state index in [1.165, 1.54) is 22.9 Å². The van der Waals surface area contributed by atoms with E-state index in [1.54, 1.807) is 18.4 Å². The van der Waals surface area contributed by atoms with Gasteiger partial charge >= 0.3 is 6.36 Å². The molecule has 0 atom stereocenters. The maximum atomic E-state index is 12.6. The monoisotopic (exact) mass is 552 g/mol. The number of carbonyl (C=O) groups is 1. The van der Waals surface area contributed by atoms with Gasteiger partial charge in [0.15, 0.2) is 5.82 Å². The highest BCUT2D eigenvalue weighted by Gasteiger charge is 2.41. The molecule has 3 aromatic rings. The van der Waals surface area contributed by atoms with Crippen LogP contribution in [0.3, 0.4) is 0 Å². The number of likely N-dealkylation sites (tertiary alicyclic amines) is 1. The molecule has 0 radical (unpaired) electrons. The zero-order valence-corrected chi connectivity index (χ0v) is 22.0. The Balaban J connectivity index is 1.08. The first-order chi connectivity index (χ1) is 18.0. The molecular weight excluding hydrogens is 521 g/mol. The van der Waals surface area contributed by atoms with Crippen LogP contribution in [0.4, 0.5) is 19.0 Å². The molecule has 1 aliphatic carbocycles. The predicted molar refractivity (Wildman–Crippen MR) is 137 cm³/mol. The lowest BCUT2D eigenvalue weighted by molar-refractivity contribution is -0.274. The van der Waals surface area contributed by atoms with Crippen molar-refractivity contribution in [2.24, 2.45) is 7.05 Å². The quantitative estimate of drug-likeness (QED) is 0.393. The Bertz CT molecular complexity index is 1300. The molecule has 3 heterocycles. The van der Waals surface area contributed by atoms with E-state index >= 15 is 0 Å². The summed E-state index contributed by atoms with van der Waals surface area (Å²) in [5.74, 6) is -0.257. The Kier molecular flexibility index (Phi) is 7.27. The number of hydrogen-bond donors (Lipinski definition) is 3. The third kappa shape index (κ3) is 5.74. The van der Waals surface area contributed by atoms with Crippen molar-refractivity contribution in [3.8, 4) is 5.75 Å². The number of hydrogen-bond acceptors (Lipinski definition) is 8. The molecule has 1 saturated heterocycles. The van der Waals surface area contributed by atoms with Crippen molar-refractivity contribution in [3.05, 3.63) is 34.3 Å². The molecule has 206 valence electrons. The number of nitrogens with zero attached hydrogens (tertiary/aromatic N) is 4. The molecule has 13 heteroatoms. The van der Waals surface area contributed by atoms with Crippen LogP contribution in [0.5, 0.6) is 5.75 Å². The number of amides is 1. The normalized spacial score (nSPS) is 22.8. The van der Waals surface area contributed by atoms with Crippen LogP contribution in [-0.4, -0.2) is 68.8 Å². The molecule has 2 fully saturated rings. The second kappa shape index (κ2) is 10.3. The summed E-state index contributed by atoms with van der Waals surface area (Å²) >= 11 is 1.60. The first kappa shape index (κ1) is 26.7. The van der Waals surface area contributed by atoms with E-state index in [4.69, 9.17) is 0 Å². The van der Waals surface area contributed by atoms with Crippen molar-refractivity contribution in [2.75, 3.05) is 25.0 Å². The molecule has 0 spiro atoms. The van der Waals surface area contributed by atoms with Gasteiger partial charge in [-0.05, 0) is 50.3 Å². The summed E-state index contributed by atoms with van der Waals surface area (Å²) in [4.78, 5) is 20.2. The second-order valence-corrected chi connectivity index (χ2v) is 11.1. The van der Waals surface area contributed by atoms with Gasteiger partial charge in [0.1, 0.15) is 11.4 Å². The van der Waals surface area contributed by atoms with Gasteiger partial charge in [0.05, 0.1) is 28.0 Å². The van der Waals surface area contributed by atoms with Gasteiger partial charge in [-0.1, -0.05) is 6.92 Å². The minimum Gasteiger partial charge on any atom is -0.406 e. The van der Waals surface area contributed by atoms with Crippen molar-refractivity contribution in [1.82, 2.24) is 25.0 Å². The standard InChI is InChI=1S/C25H31F3N6O3S/c1-3-22-29-11-20(38-22)24(36)8-6-16(7-9-24)34-13-15(14-34)31-21(35)12-30-23-18-10-17(37-25(26,27)28)4-5-19(18)33(2)32-23/h4-5,10-11,15-16,36H,3,6-9,12-14H2,1-2H3,(H,30,32)(H,31,35)/t16-,24-. The number of aliphatic hydroxyl groups is 1. The summed E-state index contributed by atoms with van der Waals surface area (Å²) in [7, 11) is 1.67. The number of anilines is 1. The number of fused-ring (bicyclic) bond motifs is 1. The van der Waals surface area contributed by atoms with E-state index < -0.39 is 12.0 Å². The van der Waals surface area contributed by atoms with Crippen LogP contribution in [0.2, 0.25) is 0 Å². The summed E-state index contributed by atoms with van der Waals surface area (Å²) < 4.78 is 43.3. The molecule has 3 N–H and O–H groups in total. The summed E-state index contributed by atoms with van der Waals surface area (Å²) in [6.45, 7) is 3.50. The van der Waals surface area contributed by atoms with Gasteiger partial charge in [0.2, 0.25) is 5.91 Å². The lowest BCUT2D eigenvalue weighted by Crippen LogP contribution is -2.63.